The number of halogens is 5. The first kappa shape index (κ1) is 14.9. The number of hydrogen-bond acceptors (Lipinski definition) is 1. The van der Waals surface area contributed by atoms with Crippen LogP contribution >= 0.6 is 46.4 Å². The first-order valence-corrected chi connectivity index (χ1v) is 7.38. The minimum atomic E-state index is -0.401. The van der Waals surface area contributed by atoms with E-state index >= 15 is 0 Å². The highest BCUT2D eigenvalue weighted by Gasteiger charge is 2.17. The lowest BCUT2D eigenvalue weighted by Gasteiger charge is -2.11. The zero-order valence-corrected chi connectivity index (χ0v) is 13.3. The third kappa shape index (κ3) is 2.69. The molecule has 106 valence electrons. The molecule has 0 aliphatic heterocycles. The van der Waals surface area contributed by atoms with Crippen LogP contribution in [0.5, 0.6) is 0 Å². The Labute approximate surface area is 140 Å². The van der Waals surface area contributed by atoms with Crippen molar-refractivity contribution in [1.29, 1.82) is 0 Å². The second-order valence-corrected chi connectivity index (χ2v) is 5.96. The van der Waals surface area contributed by atoms with E-state index in [-0.39, 0.29) is 5.15 Å². The summed E-state index contributed by atoms with van der Waals surface area (Å²) >= 11 is 24.7. The quantitative estimate of drug-likeness (QED) is 0.442. The number of aromatic nitrogens is 1. The summed E-state index contributed by atoms with van der Waals surface area (Å²) in [5.74, 6) is -0.401. The summed E-state index contributed by atoms with van der Waals surface area (Å²) in [6.07, 6.45) is 0. The Morgan fingerprint density at radius 3 is 2.38 bits per heavy atom. The van der Waals surface area contributed by atoms with E-state index in [1.807, 2.05) is 0 Å². The van der Waals surface area contributed by atoms with Crippen LogP contribution in [-0.2, 0) is 0 Å². The van der Waals surface area contributed by atoms with E-state index in [9.17, 15) is 4.39 Å². The molecule has 0 bridgehead atoms. The molecule has 1 heterocycles. The Morgan fingerprint density at radius 1 is 0.905 bits per heavy atom. The molecule has 0 aliphatic carbocycles. The van der Waals surface area contributed by atoms with Crippen LogP contribution in [0.3, 0.4) is 0 Å². The molecule has 0 fully saturated rings. The van der Waals surface area contributed by atoms with Gasteiger partial charge in [0.05, 0.1) is 15.6 Å². The summed E-state index contributed by atoms with van der Waals surface area (Å²) in [6, 6.07) is 9.09. The summed E-state index contributed by atoms with van der Waals surface area (Å²) in [4.78, 5) is 4.24. The van der Waals surface area contributed by atoms with Crippen LogP contribution in [-0.4, -0.2) is 4.98 Å². The molecule has 0 radical (unpaired) electrons. The highest BCUT2D eigenvalue weighted by molar-refractivity contribution is 6.44. The summed E-state index contributed by atoms with van der Waals surface area (Å²) in [6.45, 7) is 0. The van der Waals surface area contributed by atoms with Crippen LogP contribution < -0.4 is 0 Å². The van der Waals surface area contributed by atoms with Crippen molar-refractivity contribution in [1.82, 2.24) is 4.98 Å². The van der Waals surface area contributed by atoms with Crippen molar-refractivity contribution in [2.75, 3.05) is 0 Å². The Kier molecular flexibility index (Phi) is 3.98. The van der Waals surface area contributed by atoms with Crippen LogP contribution in [0.25, 0.3) is 22.0 Å². The Balaban J connectivity index is 2.36. The smallest absolute Gasteiger partial charge is 0.139 e. The molecule has 6 heteroatoms. The van der Waals surface area contributed by atoms with Gasteiger partial charge < -0.3 is 0 Å². The number of pyridine rings is 1. The Bertz CT molecular complexity index is 864. The zero-order chi connectivity index (χ0) is 15.1. The van der Waals surface area contributed by atoms with Crippen LogP contribution in [0.15, 0.2) is 36.4 Å². The van der Waals surface area contributed by atoms with Gasteiger partial charge in [-0.25, -0.2) is 9.37 Å². The lowest BCUT2D eigenvalue weighted by Crippen LogP contribution is -1.90. The first-order valence-electron chi connectivity index (χ1n) is 5.87. The molecule has 0 amide bonds. The maximum atomic E-state index is 13.4. The van der Waals surface area contributed by atoms with E-state index in [0.29, 0.717) is 37.1 Å². The van der Waals surface area contributed by atoms with Crippen molar-refractivity contribution in [2.24, 2.45) is 0 Å². The normalized spacial score (nSPS) is 11.1. The van der Waals surface area contributed by atoms with Crippen LogP contribution in [0, 0.1) is 5.82 Å². The monoisotopic (exact) mass is 359 g/mol. The predicted octanol–water partition coefficient (Wildman–Crippen LogP) is 6.65. The van der Waals surface area contributed by atoms with Crippen molar-refractivity contribution >= 4 is 57.3 Å². The average Bonchev–Trinajstić information content (AvgIpc) is 2.42. The fourth-order valence-electron chi connectivity index (χ4n) is 2.09. The van der Waals surface area contributed by atoms with Crippen LogP contribution in [0.2, 0.25) is 20.2 Å². The fraction of sp³-hybridized carbons (Fsp3) is 0. The average molecular weight is 361 g/mol. The van der Waals surface area contributed by atoms with Gasteiger partial charge in [-0.15, -0.1) is 0 Å². The van der Waals surface area contributed by atoms with E-state index in [1.165, 1.54) is 18.2 Å². The SMILES string of the molecule is Fc1ccc2nc(Cl)c(-c3ccc(Cl)cc3Cl)c(Cl)c2c1. The number of fused-ring (bicyclic) bond motifs is 1. The van der Waals surface area contributed by atoms with Crippen LogP contribution in [0.1, 0.15) is 0 Å². The summed E-state index contributed by atoms with van der Waals surface area (Å²) in [5.41, 5.74) is 1.56. The molecular formula is C15H6Cl4FN. The number of hydrogen-bond donors (Lipinski definition) is 0. The van der Waals surface area contributed by atoms with E-state index < -0.39 is 5.82 Å². The molecule has 3 aromatic rings. The van der Waals surface area contributed by atoms with Gasteiger partial charge in [0.25, 0.3) is 0 Å². The molecule has 0 N–H and O–H groups in total. The highest BCUT2D eigenvalue weighted by Crippen LogP contribution is 2.41. The molecule has 1 aromatic heterocycles. The molecule has 21 heavy (non-hydrogen) atoms. The third-order valence-electron chi connectivity index (χ3n) is 3.04. The van der Waals surface area contributed by atoms with Crippen molar-refractivity contribution in [3.05, 3.63) is 62.4 Å². The van der Waals surface area contributed by atoms with Gasteiger partial charge in [0.1, 0.15) is 11.0 Å². The summed E-state index contributed by atoms with van der Waals surface area (Å²) in [5, 5.41) is 1.86. The second-order valence-electron chi connectivity index (χ2n) is 4.38. The molecule has 3 rings (SSSR count). The highest BCUT2D eigenvalue weighted by atomic mass is 35.5. The molecule has 0 aliphatic rings. The van der Waals surface area contributed by atoms with Gasteiger partial charge in [0, 0.05) is 21.5 Å². The van der Waals surface area contributed by atoms with E-state index in [4.69, 9.17) is 46.4 Å². The van der Waals surface area contributed by atoms with Gasteiger partial charge in [0.2, 0.25) is 0 Å². The molecule has 0 unspecified atom stereocenters. The first-order chi connectivity index (χ1) is 9.97. The summed E-state index contributed by atoms with van der Waals surface area (Å²) < 4.78 is 13.4. The molecule has 0 saturated carbocycles. The van der Waals surface area contributed by atoms with Crippen molar-refractivity contribution < 1.29 is 4.39 Å². The van der Waals surface area contributed by atoms with Crippen molar-refractivity contribution in [3.8, 4) is 11.1 Å². The fourth-order valence-corrected chi connectivity index (χ4v) is 3.27. The summed E-state index contributed by atoms with van der Waals surface area (Å²) in [7, 11) is 0. The third-order valence-corrected chi connectivity index (χ3v) is 4.25. The predicted molar refractivity (Wildman–Crippen MR) is 87.2 cm³/mol. The van der Waals surface area contributed by atoms with Gasteiger partial charge in [0.15, 0.2) is 0 Å². The largest absolute Gasteiger partial charge is 0.235 e. The molecule has 0 spiro atoms. The number of rotatable bonds is 1. The van der Waals surface area contributed by atoms with Crippen LogP contribution in [0.4, 0.5) is 4.39 Å². The van der Waals surface area contributed by atoms with Gasteiger partial charge in [-0.05, 0) is 30.3 Å². The molecule has 2 aromatic carbocycles. The second kappa shape index (κ2) is 5.62. The van der Waals surface area contributed by atoms with Crippen molar-refractivity contribution in [3.63, 3.8) is 0 Å². The number of benzene rings is 2. The minimum Gasteiger partial charge on any atom is -0.235 e. The van der Waals surface area contributed by atoms with Crippen molar-refractivity contribution in [2.45, 2.75) is 0 Å². The molecular weight excluding hydrogens is 355 g/mol. The lowest BCUT2D eigenvalue weighted by molar-refractivity contribution is 0.629. The number of nitrogens with zero attached hydrogens (tertiary/aromatic N) is 1. The van der Waals surface area contributed by atoms with Gasteiger partial charge >= 0.3 is 0 Å². The van der Waals surface area contributed by atoms with E-state index in [1.54, 1.807) is 18.2 Å². The maximum Gasteiger partial charge on any atom is 0.139 e. The molecule has 1 nitrogen and oxygen atoms in total. The Morgan fingerprint density at radius 2 is 1.67 bits per heavy atom. The van der Waals surface area contributed by atoms with Gasteiger partial charge in [-0.3, -0.25) is 0 Å². The zero-order valence-electron chi connectivity index (χ0n) is 10.3. The maximum absolute atomic E-state index is 13.4. The minimum absolute atomic E-state index is 0.198. The molecule has 0 saturated heterocycles. The standard InChI is InChI=1S/C15H6Cl4FN/c16-7-1-3-9(11(17)5-7)13-14(18)10-6-8(20)2-4-12(10)21-15(13)19/h1-6H. The van der Waals surface area contributed by atoms with Gasteiger partial charge in [-0.2, -0.15) is 0 Å². The van der Waals surface area contributed by atoms with Gasteiger partial charge in [-0.1, -0.05) is 52.5 Å². The lowest BCUT2D eigenvalue weighted by atomic mass is 10.0. The topological polar surface area (TPSA) is 12.9 Å². The van der Waals surface area contributed by atoms with E-state index in [2.05, 4.69) is 4.98 Å². The Hall–Kier alpha value is -1.06. The molecule has 0 atom stereocenters. The van der Waals surface area contributed by atoms with E-state index in [0.717, 1.165) is 0 Å².